The van der Waals surface area contributed by atoms with E-state index in [1.807, 2.05) is 81.4 Å². The van der Waals surface area contributed by atoms with Crippen LogP contribution in [0.2, 0.25) is 0 Å². The molecule has 0 aliphatic heterocycles. The second kappa shape index (κ2) is 9.36. The zero-order valence-corrected chi connectivity index (χ0v) is 19.0. The molecule has 6 nitrogen and oxygen atoms in total. The molecular weight excluding hydrogens is 420 g/mol. The van der Waals surface area contributed by atoms with E-state index < -0.39 is 5.25 Å². The van der Waals surface area contributed by atoms with Gasteiger partial charge in [0.2, 0.25) is 5.91 Å². The Bertz CT molecular complexity index is 1320. The van der Waals surface area contributed by atoms with Crippen molar-refractivity contribution in [1.82, 2.24) is 14.5 Å². The number of aromatic nitrogens is 3. The standard InChI is InChI=1S/C25H24N4O2S/c1-4-28(19-10-6-5-7-11-19)23(30)18(3)32-25-27-21-13-9-8-12-20(21)24(31)29(25)22-16-17(2)14-15-26-22/h5-16,18H,4H2,1-3H3. The molecule has 162 valence electrons. The average molecular weight is 445 g/mol. The zero-order chi connectivity index (χ0) is 22.7. The maximum absolute atomic E-state index is 13.4. The topological polar surface area (TPSA) is 68.1 Å². The Hall–Kier alpha value is -3.45. The molecule has 0 aliphatic rings. The summed E-state index contributed by atoms with van der Waals surface area (Å²) in [6.07, 6.45) is 1.67. The smallest absolute Gasteiger partial charge is 0.267 e. The van der Waals surface area contributed by atoms with Crippen LogP contribution in [0.15, 0.2) is 82.9 Å². The fourth-order valence-electron chi connectivity index (χ4n) is 3.54. The van der Waals surface area contributed by atoms with Gasteiger partial charge in [-0.25, -0.2) is 14.5 Å². The summed E-state index contributed by atoms with van der Waals surface area (Å²) in [7, 11) is 0. The van der Waals surface area contributed by atoms with Crippen molar-refractivity contribution in [1.29, 1.82) is 0 Å². The Morgan fingerprint density at radius 2 is 1.81 bits per heavy atom. The molecule has 0 saturated carbocycles. The Morgan fingerprint density at radius 1 is 1.09 bits per heavy atom. The molecule has 0 radical (unpaired) electrons. The Kier molecular flexibility index (Phi) is 6.37. The predicted octanol–water partition coefficient (Wildman–Crippen LogP) is 4.62. The van der Waals surface area contributed by atoms with Gasteiger partial charge in [0.15, 0.2) is 5.16 Å². The fraction of sp³-hybridized carbons (Fsp3) is 0.200. The van der Waals surface area contributed by atoms with E-state index in [4.69, 9.17) is 4.98 Å². The molecule has 0 N–H and O–H groups in total. The van der Waals surface area contributed by atoms with Gasteiger partial charge in [0, 0.05) is 18.4 Å². The molecule has 1 atom stereocenters. The zero-order valence-electron chi connectivity index (χ0n) is 18.2. The number of para-hydroxylation sites is 2. The molecule has 0 bridgehead atoms. The maximum Gasteiger partial charge on any atom is 0.267 e. The second-order valence-corrected chi connectivity index (χ2v) is 8.73. The number of carbonyl (C=O) groups excluding carboxylic acids is 1. The number of thioether (sulfide) groups is 1. The number of hydrogen-bond donors (Lipinski definition) is 0. The van der Waals surface area contributed by atoms with Crippen molar-refractivity contribution in [2.45, 2.75) is 31.2 Å². The summed E-state index contributed by atoms with van der Waals surface area (Å²) < 4.78 is 1.50. The van der Waals surface area contributed by atoms with Gasteiger partial charge in [-0.1, -0.05) is 42.1 Å². The predicted molar refractivity (Wildman–Crippen MR) is 130 cm³/mol. The molecule has 0 fully saturated rings. The van der Waals surface area contributed by atoms with Gasteiger partial charge >= 0.3 is 0 Å². The van der Waals surface area contributed by atoms with Crippen LogP contribution in [0, 0.1) is 6.92 Å². The van der Waals surface area contributed by atoms with Crippen LogP contribution in [0.25, 0.3) is 16.7 Å². The number of rotatable bonds is 6. The van der Waals surface area contributed by atoms with E-state index in [1.165, 1.54) is 16.3 Å². The summed E-state index contributed by atoms with van der Waals surface area (Å²) in [5, 5.41) is 0.495. The van der Waals surface area contributed by atoms with E-state index in [0.29, 0.717) is 28.4 Å². The number of fused-ring (bicyclic) bond motifs is 1. The van der Waals surface area contributed by atoms with Gasteiger partial charge in [-0.05, 0) is 62.7 Å². The van der Waals surface area contributed by atoms with Crippen LogP contribution in [0.4, 0.5) is 5.69 Å². The quantitative estimate of drug-likeness (QED) is 0.321. The second-order valence-electron chi connectivity index (χ2n) is 7.42. The van der Waals surface area contributed by atoms with Gasteiger partial charge in [0.1, 0.15) is 5.82 Å². The lowest BCUT2D eigenvalue weighted by Crippen LogP contribution is -2.37. The van der Waals surface area contributed by atoms with E-state index in [-0.39, 0.29) is 11.5 Å². The molecule has 1 unspecified atom stereocenters. The molecule has 2 aromatic heterocycles. The average Bonchev–Trinajstić information content (AvgIpc) is 2.80. The molecular formula is C25H24N4O2S. The minimum Gasteiger partial charge on any atom is -0.312 e. The number of aryl methyl sites for hydroxylation is 1. The van der Waals surface area contributed by atoms with Crippen molar-refractivity contribution in [3.8, 4) is 5.82 Å². The minimum atomic E-state index is -0.459. The molecule has 0 spiro atoms. The van der Waals surface area contributed by atoms with Crippen molar-refractivity contribution < 1.29 is 4.79 Å². The van der Waals surface area contributed by atoms with E-state index in [0.717, 1.165) is 11.3 Å². The van der Waals surface area contributed by atoms with E-state index >= 15 is 0 Å². The summed E-state index contributed by atoms with van der Waals surface area (Å²) >= 11 is 1.27. The van der Waals surface area contributed by atoms with Crippen LogP contribution in [-0.2, 0) is 4.79 Å². The molecule has 2 heterocycles. The van der Waals surface area contributed by atoms with Crippen LogP contribution in [0.5, 0.6) is 0 Å². The van der Waals surface area contributed by atoms with Crippen LogP contribution < -0.4 is 10.5 Å². The molecule has 1 amide bonds. The van der Waals surface area contributed by atoms with Crippen LogP contribution in [0.3, 0.4) is 0 Å². The first-order chi connectivity index (χ1) is 15.5. The van der Waals surface area contributed by atoms with Crippen molar-refractivity contribution in [3.63, 3.8) is 0 Å². The summed E-state index contributed by atoms with van der Waals surface area (Å²) in [6.45, 7) is 6.28. The SMILES string of the molecule is CCN(C(=O)C(C)Sc1nc2ccccc2c(=O)n1-c1cc(C)ccn1)c1ccccc1. The van der Waals surface area contributed by atoms with Crippen molar-refractivity contribution >= 4 is 34.3 Å². The lowest BCUT2D eigenvalue weighted by molar-refractivity contribution is -0.117. The third-order valence-electron chi connectivity index (χ3n) is 5.16. The highest BCUT2D eigenvalue weighted by atomic mass is 32.2. The number of pyridine rings is 1. The molecule has 32 heavy (non-hydrogen) atoms. The Balaban J connectivity index is 1.77. The van der Waals surface area contributed by atoms with E-state index in [9.17, 15) is 9.59 Å². The third-order valence-corrected chi connectivity index (χ3v) is 6.19. The van der Waals surface area contributed by atoms with Crippen LogP contribution in [-0.4, -0.2) is 32.2 Å². The van der Waals surface area contributed by atoms with Gasteiger partial charge in [0.25, 0.3) is 5.56 Å². The van der Waals surface area contributed by atoms with Crippen molar-refractivity contribution in [2.75, 3.05) is 11.4 Å². The summed E-state index contributed by atoms with van der Waals surface area (Å²) in [4.78, 5) is 37.6. The fourth-order valence-corrected chi connectivity index (χ4v) is 4.51. The van der Waals surface area contributed by atoms with Gasteiger partial charge in [-0.2, -0.15) is 0 Å². The summed E-state index contributed by atoms with van der Waals surface area (Å²) in [5.74, 6) is 0.445. The molecule has 0 aliphatic carbocycles. The van der Waals surface area contributed by atoms with Crippen LogP contribution >= 0.6 is 11.8 Å². The highest BCUT2D eigenvalue weighted by Gasteiger charge is 2.25. The number of benzene rings is 2. The Morgan fingerprint density at radius 3 is 2.53 bits per heavy atom. The Labute approximate surface area is 190 Å². The van der Waals surface area contributed by atoms with E-state index in [2.05, 4.69) is 4.98 Å². The summed E-state index contributed by atoms with van der Waals surface area (Å²) in [5.41, 5.74) is 2.22. The highest BCUT2D eigenvalue weighted by molar-refractivity contribution is 8.00. The molecule has 7 heteroatoms. The molecule has 4 rings (SSSR count). The summed E-state index contributed by atoms with van der Waals surface area (Å²) in [6, 6.07) is 20.5. The number of carbonyl (C=O) groups is 1. The number of hydrogen-bond acceptors (Lipinski definition) is 5. The minimum absolute atomic E-state index is 0.0464. The molecule has 0 saturated heterocycles. The number of nitrogens with zero attached hydrogens (tertiary/aromatic N) is 4. The number of amides is 1. The first-order valence-corrected chi connectivity index (χ1v) is 11.4. The van der Waals surface area contributed by atoms with Crippen molar-refractivity contribution in [2.24, 2.45) is 0 Å². The lowest BCUT2D eigenvalue weighted by atomic mass is 10.2. The third kappa shape index (κ3) is 4.29. The van der Waals surface area contributed by atoms with Gasteiger partial charge in [-0.15, -0.1) is 0 Å². The lowest BCUT2D eigenvalue weighted by Gasteiger charge is -2.24. The van der Waals surface area contributed by atoms with Gasteiger partial charge < -0.3 is 4.90 Å². The van der Waals surface area contributed by atoms with E-state index in [1.54, 1.807) is 17.2 Å². The normalized spacial score (nSPS) is 12.0. The monoisotopic (exact) mass is 444 g/mol. The van der Waals surface area contributed by atoms with Gasteiger partial charge in [0.05, 0.1) is 16.2 Å². The first-order valence-electron chi connectivity index (χ1n) is 10.5. The van der Waals surface area contributed by atoms with Crippen LogP contribution in [0.1, 0.15) is 19.4 Å². The van der Waals surface area contributed by atoms with Crippen molar-refractivity contribution in [3.05, 3.63) is 88.8 Å². The maximum atomic E-state index is 13.4. The largest absolute Gasteiger partial charge is 0.312 e. The number of anilines is 1. The van der Waals surface area contributed by atoms with Gasteiger partial charge in [-0.3, -0.25) is 9.59 Å². The molecule has 2 aromatic carbocycles. The highest BCUT2D eigenvalue weighted by Crippen LogP contribution is 2.27. The first kappa shape index (κ1) is 21.8. The molecule has 4 aromatic rings.